The highest BCUT2D eigenvalue weighted by Gasteiger charge is 2.27. The Balaban J connectivity index is 2.23. The molecule has 8 nitrogen and oxygen atoms in total. The molecule has 2 rings (SSSR count). The van der Waals surface area contributed by atoms with E-state index in [1.54, 1.807) is 37.3 Å². The summed E-state index contributed by atoms with van der Waals surface area (Å²) in [5, 5.41) is 4.54. The van der Waals surface area contributed by atoms with Gasteiger partial charge < -0.3 is 10.1 Å². The number of urea groups is 1. The molecule has 28 heavy (non-hydrogen) atoms. The number of carbonyl (C=O) groups is 3. The SMILES string of the molecule is CCNC(=O)NC(=O)[C@H](OC(=O)c1ccc(S(C)(=O)=O)cc1)c1ccccc1. The minimum absolute atomic E-state index is 0.0534. The number of nitrogens with one attached hydrogen (secondary N) is 2. The molecular formula is C19H20N2O6S. The fraction of sp³-hybridized carbons (Fsp3) is 0.211. The highest BCUT2D eigenvalue weighted by atomic mass is 32.2. The molecule has 3 amide bonds. The molecule has 0 saturated heterocycles. The van der Waals surface area contributed by atoms with Crippen molar-refractivity contribution in [3.8, 4) is 0 Å². The Kier molecular flexibility index (Phi) is 6.89. The van der Waals surface area contributed by atoms with Gasteiger partial charge in [-0.2, -0.15) is 0 Å². The van der Waals surface area contributed by atoms with E-state index in [1.807, 2.05) is 0 Å². The third kappa shape index (κ3) is 5.65. The fourth-order valence-electron chi connectivity index (χ4n) is 2.30. The standard InChI is InChI=1S/C19H20N2O6S/c1-3-20-19(24)21-17(22)16(13-7-5-4-6-8-13)27-18(23)14-9-11-15(12-10-14)28(2,25)26/h4-12,16H,3H2,1-2H3,(H2,20,21,22,24)/t16-/m1/s1. The van der Waals surface area contributed by atoms with E-state index in [0.29, 0.717) is 12.1 Å². The number of benzene rings is 2. The second-order valence-corrected chi connectivity index (χ2v) is 7.86. The normalized spacial score (nSPS) is 11.9. The molecule has 0 aromatic heterocycles. The predicted octanol–water partition coefficient (Wildman–Crippen LogP) is 1.83. The van der Waals surface area contributed by atoms with Crippen molar-refractivity contribution in [1.82, 2.24) is 10.6 Å². The third-order valence-electron chi connectivity index (χ3n) is 3.66. The lowest BCUT2D eigenvalue weighted by Crippen LogP contribution is -2.42. The molecule has 148 valence electrons. The van der Waals surface area contributed by atoms with Crippen LogP contribution < -0.4 is 10.6 Å². The first kappa shape index (κ1) is 21.1. The van der Waals surface area contributed by atoms with Gasteiger partial charge in [0.1, 0.15) is 0 Å². The minimum Gasteiger partial charge on any atom is -0.444 e. The lowest BCUT2D eigenvalue weighted by atomic mass is 10.1. The monoisotopic (exact) mass is 404 g/mol. The second kappa shape index (κ2) is 9.14. The van der Waals surface area contributed by atoms with Gasteiger partial charge in [0, 0.05) is 18.4 Å². The van der Waals surface area contributed by atoms with Crippen LogP contribution in [0.1, 0.15) is 28.9 Å². The van der Waals surface area contributed by atoms with Crippen LogP contribution in [-0.2, 0) is 19.4 Å². The number of sulfone groups is 1. The number of amides is 3. The van der Waals surface area contributed by atoms with Crippen LogP contribution in [0.15, 0.2) is 59.5 Å². The molecule has 2 aromatic carbocycles. The van der Waals surface area contributed by atoms with Gasteiger partial charge in [-0.15, -0.1) is 0 Å². The molecule has 0 heterocycles. The number of carbonyl (C=O) groups excluding carboxylic acids is 3. The molecule has 0 saturated carbocycles. The zero-order valence-corrected chi connectivity index (χ0v) is 16.2. The Morgan fingerprint density at radius 1 is 1.00 bits per heavy atom. The largest absolute Gasteiger partial charge is 0.444 e. The summed E-state index contributed by atoms with van der Waals surface area (Å²) in [6.45, 7) is 2.01. The van der Waals surface area contributed by atoms with Crippen molar-refractivity contribution >= 4 is 27.7 Å². The van der Waals surface area contributed by atoms with Gasteiger partial charge >= 0.3 is 12.0 Å². The van der Waals surface area contributed by atoms with E-state index in [-0.39, 0.29) is 10.5 Å². The number of esters is 1. The summed E-state index contributed by atoms with van der Waals surface area (Å²) < 4.78 is 28.3. The Morgan fingerprint density at radius 3 is 2.14 bits per heavy atom. The first-order chi connectivity index (χ1) is 13.2. The van der Waals surface area contributed by atoms with Gasteiger partial charge in [0.15, 0.2) is 9.84 Å². The lowest BCUT2D eigenvalue weighted by Gasteiger charge is -2.17. The van der Waals surface area contributed by atoms with Crippen LogP contribution in [0.3, 0.4) is 0 Å². The highest BCUT2D eigenvalue weighted by molar-refractivity contribution is 7.90. The number of imide groups is 1. The Morgan fingerprint density at radius 2 is 1.61 bits per heavy atom. The molecule has 0 aliphatic carbocycles. The first-order valence-electron chi connectivity index (χ1n) is 8.37. The number of hydrogen-bond acceptors (Lipinski definition) is 6. The van der Waals surface area contributed by atoms with E-state index in [4.69, 9.17) is 4.74 Å². The summed E-state index contributed by atoms with van der Waals surface area (Å²) in [5.41, 5.74) is 0.449. The molecule has 2 N–H and O–H groups in total. The van der Waals surface area contributed by atoms with Gasteiger partial charge in [-0.25, -0.2) is 18.0 Å². The van der Waals surface area contributed by atoms with Crippen molar-refractivity contribution in [2.24, 2.45) is 0 Å². The summed E-state index contributed by atoms with van der Waals surface area (Å²) in [4.78, 5) is 36.6. The van der Waals surface area contributed by atoms with Gasteiger partial charge in [-0.1, -0.05) is 30.3 Å². The maximum absolute atomic E-state index is 12.5. The Bertz CT molecular complexity index is 956. The first-order valence-corrected chi connectivity index (χ1v) is 10.3. The van der Waals surface area contributed by atoms with Crippen molar-refractivity contribution in [2.45, 2.75) is 17.9 Å². The van der Waals surface area contributed by atoms with E-state index >= 15 is 0 Å². The molecule has 0 spiro atoms. The number of rotatable bonds is 6. The van der Waals surface area contributed by atoms with Crippen LogP contribution in [0, 0.1) is 0 Å². The maximum atomic E-state index is 12.5. The highest BCUT2D eigenvalue weighted by Crippen LogP contribution is 2.20. The van der Waals surface area contributed by atoms with Crippen molar-refractivity contribution in [1.29, 1.82) is 0 Å². The van der Waals surface area contributed by atoms with E-state index in [9.17, 15) is 22.8 Å². The molecule has 0 radical (unpaired) electrons. The van der Waals surface area contributed by atoms with E-state index < -0.39 is 33.8 Å². The van der Waals surface area contributed by atoms with Crippen LogP contribution in [0.2, 0.25) is 0 Å². The van der Waals surface area contributed by atoms with Gasteiger partial charge in [0.2, 0.25) is 6.10 Å². The third-order valence-corrected chi connectivity index (χ3v) is 4.79. The number of ether oxygens (including phenoxy) is 1. The predicted molar refractivity (Wildman–Crippen MR) is 101 cm³/mol. The lowest BCUT2D eigenvalue weighted by molar-refractivity contribution is -0.129. The van der Waals surface area contributed by atoms with Crippen LogP contribution in [-0.4, -0.2) is 39.1 Å². The molecule has 0 unspecified atom stereocenters. The van der Waals surface area contributed by atoms with Crippen molar-refractivity contribution in [2.75, 3.05) is 12.8 Å². The zero-order chi connectivity index (χ0) is 20.7. The molecule has 9 heteroatoms. The summed E-state index contributed by atoms with van der Waals surface area (Å²) in [7, 11) is -3.40. The molecule has 0 bridgehead atoms. The second-order valence-electron chi connectivity index (χ2n) is 5.84. The van der Waals surface area contributed by atoms with Crippen LogP contribution in [0.4, 0.5) is 4.79 Å². The molecule has 0 fully saturated rings. The van der Waals surface area contributed by atoms with Crippen molar-refractivity contribution < 1.29 is 27.5 Å². The van der Waals surface area contributed by atoms with Gasteiger partial charge in [-0.05, 0) is 31.2 Å². The topological polar surface area (TPSA) is 119 Å². The number of hydrogen-bond donors (Lipinski definition) is 2. The van der Waals surface area contributed by atoms with Crippen LogP contribution in [0.5, 0.6) is 0 Å². The summed E-state index contributed by atoms with van der Waals surface area (Å²) >= 11 is 0. The summed E-state index contributed by atoms with van der Waals surface area (Å²) in [6, 6.07) is 12.7. The average molecular weight is 404 g/mol. The molecule has 0 aliphatic heterocycles. The van der Waals surface area contributed by atoms with Gasteiger partial charge in [0.05, 0.1) is 10.5 Å². The molecule has 2 aromatic rings. The molecule has 0 aliphatic rings. The minimum atomic E-state index is -3.40. The summed E-state index contributed by atoms with van der Waals surface area (Å²) in [5.74, 6) is -1.64. The Hall–Kier alpha value is -3.20. The van der Waals surface area contributed by atoms with Gasteiger partial charge in [0.25, 0.3) is 5.91 Å². The average Bonchev–Trinajstić information content (AvgIpc) is 2.66. The smallest absolute Gasteiger partial charge is 0.339 e. The summed E-state index contributed by atoms with van der Waals surface area (Å²) in [6.07, 6.45) is -0.303. The zero-order valence-electron chi connectivity index (χ0n) is 15.3. The van der Waals surface area contributed by atoms with Crippen molar-refractivity contribution in [3.63, 3.8) is 0 Å². The Labute approximate surface area is 162 Å². The van der Waals surface area contributed by atoms with E-state index in [0.717, 1.165) is 6.26 Å². The van der Waals surface area contributed by atoms with Gasteiger partial charge in [-0.3, -0.25) is 10.1 Å². The van der Waals surface area contributed by atoms with E-state index in [2.05, 4.69) is 10.6 Å². The van der Waals surface area contributed by atoms with Crippen LogP contribution in [0.25, 0.3) is 0 Å². The quantitative estimate of drug-likeness (QED) is 0.709. The molecule has 1 atom stereocenters. The van der Waals surface area contributed by atoms with E-state index in [1.165, 1.54) is 24.3 Å². The fourth-order valence-corrected chi connectivity index (χ4v) is 2.93. The maximum Gasteiger partial charge on any atom is 0.339 e. The molecular weight excluding hydrogens is 384 g/mol. The van der Waals surface area contributed by atoms with Crippen molar-refractivity contribution in [3.05, 3.63) is 65.7 Å². The van der Waals surface area contributed by atoms with Crippen LogP contribution >= 0.6 is 0 Å².